The Morgan fingerprint density at radius 3 is 2.30 bits per heavy atom. The summed E-state index contributed by atoms with van der Waals surface area (Å²) in [6.07, 6.45) is -1.98. The number of benzene rings is 1. The third kappa shape index (κ3) is 4.36. The minimum Gasteiger partial charge on any atom is -0.480 e. The first-order valence-corrected chi connectivity index (χ1v) is 10.1. The van der Waals surface area contributed by atoms with Gasteiger partial charge < -0.3 is 19.7 Å². The molecule has 1 fully saturated rings. The Morgan fingerprint density at radius 1 is 1.06 bits per heavy atom. The third-order valence-electron chi connectivity index (χ3n) is 5.87. The van der Waals surface area contributed by atoms with E-state index in [4.69, 9.17) is 0 Å². The van der Waals surface area contributed by atoms with Crippen molar-refractivity contribution in [1.82, 2.24) is 14.5 Å². The predicted molar refractivity (Wildman–Crippen MR) is 113 cm³/mol. The lowest BCUT2D eigenvalue weighted by Gasteiger charge is -2.38. The van der Waals surface area contributed by atoms with Crippen LogP contribution in [0.2, 0.25) is 0 Å². The zero-order valence-electron chi connectivity index (χ0n) is 17.6. The first-order chi connectivity index (χ1) is 15.6. The van der Waals surface area contributed by atoms with Crippen molar-refractivity contribution >= 4 is 28.7 Å². The molecular weight excluding hydrogens is 441 g/mol. The van der Waals surface area contributed by atoms with Crippen LogP contribution in [0.25, 0.3) is 10.9 Å². The molecule has 2 N–H and O–H groups in total. The number of pyridine rings is 1. The number of rotatable bonds is 5. The van der Waals surface area contributed by atoms with Crippen molar-refractivity contribution < 1.29 is 33.0 Å². The molecule has 4 rings (SSSR count). The van der Waals surface area contributed by atoms with E-state index < -0.39 is 29.7 Å². The number of alkyl halides is 3. The maximum Gasteiger partial charge on any atom is 0.417 e. The molecule has 2 aromatic heterocycles. The average Bonchev–Trinajstić information content (AvgIpc) is 3.09. The summed E-state index contributed by atoms with van der Waals surface area (Å²) < 4.78 is 40.1. The number of halogens is 3. The van der Waals surface area contributed by atoms with Gasteiger partial charge in [0.05, 0.1) is 11.1 Å². The maximum absolute atomic E-state index is 12.8. The molecule has 11 heteroatoms. The van der Waals surface area contributed by atoms with Crippen LogP contribution in [0, 0.1) is 0 Å². The van der Waals surface area contributed by atoms with Gasteiger partial charge in [0.15, 0.2) is 0 Å². The second kappa shape index (κ2) is 8.39. The number of nitrogens with zero attached hydrogens (tertiary/aromatic N) is 4. The molecule has 1 saturated heterocycles. The summed E-state index contributed by atoms with van der Waals surface area (Å²) >= 11 is 0. The Balaban J connectivity index is 1.57. The zero-order valence-corrected chi connectivity index (χ0v) is 17.6. The molecule has 1 aliphatic rings. The first kappa shape index (κ1) is 22.6. The Morgan fingerprint density at radius 2 is 1.76 bits per heavy atom. The highest BCUT2D eigenvalue weighted by Crippen LogP contribution is 2.33. The number of aromatic carboxylic acids is 1. The normalized spacial score (nSPS) is 16.2. The van der Waals surface area contributed by atoms with Crippen molar-refractivity contribution in [3.8, 4) is 0 Å². The first-order valence-electron chi connectivity index (χ1n) is 10.1. The SMILES string of the molecule is Cn1cc([C@@H](C(=O)O)N2CCN(c3ccc(C(F)(F)F)cn3)CC2)c2cc(C(=O)O)ccc21. The molecule has 0 radical (unpaired) electrons. The largest absolute Gasteiger partial charge is 0.480 e. The summed E-state index contributed by atoms with van der Waals surface area (Å²) in [6.45, 7) is 1.45. The van der Waals surface area contributed by atoms with Crippen LogP contribution in [0.4, 0.5) is 19.0 Å². The Kier molecular flexibility index (Phi) is 5.75. The van der Waals surface area contributed by atoms with Crippen molar-refractivity contribution in [2.75, 3.05) is 31.1 Å². The summed E-state index contributed by atoms with van der Waals surface area (Å²) in [7, 11) is 1.76. The number of aliphatic carboxylic acids is 1. The van der Waals surface area contributed by atoms with Gasteiger partial charge in [-0.25, -0.2) is 9.78 Å². The van der Waals surface area contributed by atoms with Gasteiger partial charge in [0.1, 0.15) is 11.9 Å². The average molecular weight is 462 g/mol. The van der Waals surface area contributed by atoms with E-state index in [0.717, 1.165) is 12.3 Å². The summed E-state index contributed by atoms with van der Waals surface area (Å²) in [5.74, 6) is -1.77. The van der Waals surface area contributed by atoms with Gasteiger partial charge in [-0.1, -0.05) is 0 Å². The van der Waals surface area contributed by atoms with Crippen molar-refractivity contribution in [3.63, 3.8) is 0 Å². The van der Waals surface area contributed by atoms with Crippen LogP contribution < -0.4 is 4.90 Å². The molecule has 0 spiro atoms. The van der Waals surface area contributed by atoms with Crippen LogP contribution in [0.1, 0.15) is 27.5 Å². The Labute approximate surface area is 186 Å². The summed E-state index contributed by atoms with van der Waals surface area (Å²) in [5.41, 5.74) is 0.447. The van der Waals surface area contributed by atoms with Gasteiger partial charge in [-0.3, -0.25) is 9.69 Å². The highest BCUT2D eigenvalue weighted by atomic mass is 19.4. The predicted octanol–water partition coefficient (Wildman–Crippen LogP) is 3.24. The molecule has 0 saturated carbocycles. The van der Waals surface area contributed by atoms with Crippen molar-refractivity contribution in [2.45, 2.75) is 12.2 Å². The van der Waals surface area contributed by atoms with E-state index in [-0.39, 0.29) is 5.56 Å². The van der Waals surface area contributed by atoms with Crippen LogP contribution in [0.3, 0.4) is 0 Å². The highest BCUT2D eigenvalue weighted by molar-refractivity contribution is 5.96. The molecule has 33 heavy (non-hydrogen) atoms. The molecule has 1 atom stereocenters. The minimum absolute atomic E-state index is 0.0669. The number of carboxylic acid groups (broad SMARTS) is 2. The van der Waals surface area contributed by atoms with Crippen LogP contribution in [-0.4, -0.2) is 62.8 Å². The third-order valence-corrected chi connectivity index (χ3v) is 5.87. The number of carboxylic acids is 2. The van der Waals surface area contributed by atoms with Gasteiger partial charge >= 0.3 is 18.1 Å². The van der Waals surface area contributed by atoms with Crippen LogP contribution >= 0.6 is 0 Å². The second-order valence-corrected chi connectivity index (χ2v) is 7.90. The number of aromatic nitrogens is 2. The maximum atomic E-state index is 12.8. The molecule has 3 aromatic rings. The molecule has 0 unspecified atom stereocenters. The van der Waals surface area contributed by atoms with E-state index in [0.29, 0.717) is 48.5 Å². The fourth-order valence-electron chi connectivity index (χ4n) is 4.21. The number of anilines is 1. The smallest absolute Gasteiger partial charge is 0.417 e. The van der Waals surface area contributed by atoms with Crippen molar-refractivity contribution in [3.05, 3.63) is 59.4 Å². The van der Waals surface area contributed by atoms with E-state index in [1.165, 1.54) is 18.2 Å². The molecule has 0 aliphatic carbocycles. The number of hydrogen-bond acceptors (Lipinski definition) is 5. The number of aryl methyl sites for hydroxylation is 1. The van der Waals surface area contributed by atoms with Gasteiger partial charge in [-0.15, -0.1) is 0 Å². The minimum atomic E-state index is -4.46. The van der Waals surface area contributed by atoms with E-state index in [2.05, 4.69) is 4.98 Å². The molecule has 174 valence electrons. The molecular formula is C22H21F3N4O4. The number of fused-ring (bicyclic) bond motifs is 1. The van der Waals surface area contributed by atoms with E-state index in [1.54, 1.807) is 33.7 Å². The standard InChI is InChI=1S/C22H21F3N4O4/c1-27-12-16(15-10-13(20(30)31)2-4-17(15)27)19(21(32)33)29-8-6-28(7-9-29)18-5-3-14(11-26-18)22(23,24)25/h2-5,10-12,19H,6-9H2,1H3,(H,30,31)(H,32,33)/t19-/m0/s1. The van der Waals surface area contributed by atoms with Gasteiger partial charge in [0, 0.05) is 62.1 Å². The number of carbonyl (C=O) groups is 2. The molecule has 3 heterocycles. The van der Waals surface area contributed by atoms with Crippen LogP contribution in [-0.2, 0) is 18.0 Å². The molecule has 8 nitrogen and oxygen atoms in total. The van der Waals surface area contributed by atoms with Gasteiger partial charge in [-0.05, 0) is 30.3 Å². The highest BCUT2D eigenvalue weighted by Gasteiger charge is 2.34. The van der Waals surface area contributed by atoms with E-state index in [9.17, 15) is 33.0 Å². The van der Waals surface area contributed by atoms with Crippen LogP contribution in [0.15, 0.2) is 42.7 Å². The lowest BCUT2D eigenvalue weighted by Crippen LogP contribution is -2.49. The number of hydrogen-bond donors (Lipinski definition) is 2. The summed E-state index contributed by atoms with van der Waals surface area (Å²) in [6, 6.07) is 5.89. The Hall–Kier alpha value is -3.60. The fraction of sp³-hybridized carbons (Fsp3) is 0.318. The lowest BCUT2D eigenvalue weighted by atomic mass is 10.0. The fourth-order valence-corrected chi connectivity index (χ4v) is 4.21. The summed E-state index contributed by atoms with van der Waals surface area (Å²) in [5, 5.41) is 19.9. The monoisotopic (exact) mass is 462 g/mol. The van der Waals surface area contributed by atoms with Gasteiger partial charge in [-0.2, -0.15) is 13.2 Å². The topological polar surface area (TPSA) is 98.9 Å². The van der Waals surface area contributed by atoms with Gasteiger partial charge in [0.25, 0.3) is 0 Å². The Bertz CT molecular complexity index is 1200. The van der Waals surface area contributed by atoms with Crippen molar-refractivity contribution in [2.24, 2.45) is 7.05 Å². The lowest BCUT2D eigenvalue weighted by molar-refractivity contribution is -0.143. The van der Waals surface area contributed by atoms with E-state index in [1.807, 2.05) is 0 Å². The zero-order chi connectivity index (χ0) is 23.9. The van der Waals surface area contributed by atoms with Crippen molar-refractivity contribution in [1.29, 1.82) is 0 Å². The summed E-state index contributed by atoms with van der Waals surface area (Å²) in [4.78, 5) is 31.2. The molecule has 1 aromatic carbocycles. The van der Waals surface area contributed by atoms with Crippen LogP contribution in [0.5, 0.6) is 0 Å². The molecule has 0 bridgehead atoms. The quantitative estimate of drug-likeness (QED) is 0.601. The van der Waals surface area contributed by atoms with Gasteiger partial charge in [0.2, 0.25) is 0 Å². The molecule has 0 amide bonds. The second-order valence-electron chi connectivity index (χ2n) is 7.90. The van der Waals surface area contributed by atoms with E-state index >= 15 is 0 Å². The molecule has 1 aliphatic heterocycles. The number of piperazine rings is 1.